The fourth-order valence-corrected chi connectivity index (χ4v) is 3.68. The minimum atomic E-state index is 0.388. The summed E-state index contributed by atoms with van der Waals surface area (Å²) in [6.07, 6.45) is 5.00. The molecule has 2 fully saturated rings. The summed E-state index contributed by atoms with van der Waals surface area (Å²) in [6, 6.07) is 1.71. The van der Waals surface area contributed by atoms with Gasteiger partial charge in [0.05, 0.1) is 0 Å². The van der Waals surface area contributed by atoms with Gasteiger partial charge in [0.25, 0.3) is 0 Å². The van der Waals surface area contributed by atoms with Gasteiger partial charge < -0.3 is 10.6 Å². The van der Waals surface area contributed by atoms with Crippen molar-refractivity contribution in [3.05, 3.63) is 0 Å². The molecule has 2 N–H and O–H groups in total. The summed E-state index contributed by atoms with van der Waals surface area (Å²) in [5.74, 6) is 0. The number of nitrogens with zero attached hydrogens (tertiary/aromatic N) is 2. The van der Waals surface area contributed by atoms with Gasteiger partial charge >= 0.3 is 0 Å². The molecule has 3 nitrogen and oxygen atoms in total. The van der Waals surface area contributed by atoms with Crippen molar-refractivity contribution in [3.63, 3.8) is 0 Å². The largest absolute Gasteiger partial charge is 0.326 e. The van der Waals surface area contributed by atoms with Crippen LogP contribution in [0.2, 0.25) is 0 Å². The van der Waals surface area contributed by atoms with E-state index < -0.39 is 0 Å². The van der Waals surface area contributed by atoms with Crippen molar-refractivity contribution in [2.24, 2.45) is 11.1 Å². The zero-order chi connectivity index (χ0) is 13.3. The highest BCUT2D eigenvalue weighted by Gasteiger charge is 2.38. The van der Waals surface area contributed by atoms with Crippen molar-refractivity contribution in [1.82, 2.24) is 9.80 Å². The molecule has 0 spiro atoms. The summed E-state index contributed by atoms with van der Waals surface area (Å²) >= 11 is 0. The number of hydrogen-bond donors (Lipinski definition) is 1. The van der Waals surface area contributed by atoms with Crippen LogP contribution in [-0.2, 0) is 0 Å². The standard InChI is InChI=1S/C15H31N3/c1-5-12-11-18(9-8-17(12)4)14-10-15(2,3)7-6-13(14)16/h12-14H,5-11,16H2,1-4H3. The Balaban J connectivity index is 2.01. The van der Waals surface area contributed by atoms with Gasteiger partial charge in [0.15, 0.2) is 0 Å². The highest BCUT2D eigenvalue weighted by Crippen LogP contribution is 2.37. The Bertz CT molecular complexity index is 277. The Morgan fingerprint density at radius 3 is 2.67 bits per heavy atom. The van der Waals surface area contributed by atoms with Crippen molar-refractivity contribution in [2.45, 2.75) is 64.6 Å². The first-order chi connectivity index (χ1) is 8.43. The first-order valence-electron chi connectivity index (χ1n) is 7.63. The second-order valence-electron chi connectivity index (χ2n) is 7.18. The van der Waals surface area contributed by atoms with Crippen LogP contribution in [-0.4, -0.2) is 54.6 Å². The van der Waals surface area contributed by atoms with Crippen LogP contribution in [0.15, 0.2) is 0 Å². The minimum absolute atomic E-state index is 0.388. The third-order valence-electron chi connectivity index (χ3n) is 5.16. The Kier molecular flexibility index (Phi) is 4.35. The summed E-state index contributed by atoms with van der Waals surface area (Å²) in [4.78, 5) is 5.19. The summed E-state index contributed by atoms with van der Waals surface area (Å²) in [5.41, 5.74) is 6.87. The van der Waals surface area contributed by atoms with Crippen molar-refractivity contribution in [3.8, 4) is 0 Å². The molecule has 1 heterocycles. The lowest BCUT2D eigenvalue weighted by molar-refractivity contribution is 0.0175. The molecule has 3 heteroatoms. The number of piperazine rings is 1. The monoisotopic (exact) mass is 253 g/mol. The molecule has 2 aliphatic rings. The molecule has 0 radical (unpaired) electrons. The maximum Gasteiger partial charge on any atom is 0.0253 e. The van der Waals surface area contributed by atoms with Gasteiger partial charge in [-0.25, -0.2) is 0 Å². The van der Waals surface area contributed by atoms with E-state index in [1.165, 1.54) is 45.3 Å². The van der Waals surface area contributed by atoms with Gasteiger partial charge in [0, 0.05) is 37.8 Å². The van der Waals surface area contributed by atoms with Crippen LogP contribution in [0.5, 0.6) is 0 Å². The molecule has 0 aromatic heterocycles. The average Bonchev–Trinajstić information content (AvgIpc) is 2.33. The fraction of sp³-hybridized carbons (Fsp3) is 1.00. The molecule has 1 saturated carbocycles. The maximum absolute atomic E-state index is 6.40. The van der Waals surface area contributed by atoms with Gasteiger partial charge in [-0.15, -0.1) is 0 Å². The molecular formula is C15H31N3. The van der Waals surface area contributed by atoms with E-state index in [1.807, 2.05) is 0 Å². The lowest BCUT2D eigenvalue weighted by Gasteiger charge is -2.49. The predicted molar refractivity (Wildman–Crippen MR) is 77.7 cm³/mol. The molecule has 106 valence electrons. The molecule has 1 aliphatic carbocycles. The van der Waals surface area contributed by atoms with Gasteiger partial charge in [-0.3, -0.25) is 4.90 Å². The minimum Gasteiger partial charge on any atom is -0.326 e. The molecule has 0 aromatic carbocycles. The van der Waals surface area contributed by atoms with Crippen LogP contribution in [0.4, 0.5) is 0 Å². The molecule has 18 heavy (non-hydrogen) atoms. The smallest absolute Gasteiger partial charge is 0.0253 e. The number of likely N-dealkylation sites (N-methyl/N-ethyl adjacent to an activating group) is 1. The third-order valence-corrected chi connectivity index (χ3v) is 5.16. The van der Waals surface area contributed by atoms with Crippen LogP contribution in [0, 0.1) is 5.41 Å². The topological polar surface area (TPSA) is 32.5 Å². The molecule has 1 saturated heterocycles. The highest BCUT2D eigenvalue weighted by molar-refractivity contribution is 4.95. The lowest BCUT2D eigenvalue weighted by Crippen LogP contribution is -2.60. The van der Waals surface area contributed by atoms with Crippen LogP contribution in [0.1, 0.15) is 46.5 Å². The molecule has 3 atom stereocenters. The Labute approximate surface area is 113 Å². The van der Waals surface area contributed by atoms with Crippen LogP contribution in [0.25, 0.3) is 0 Å². The highest BCUT2D eigenvalue weighted by atomic mass is 15.3. The van der Waals surface area contributed by atoms with E-state index in [0.717, 1.165) is 6.04 Å². The number of rotatable bonds is 2. The Morgan fingerprint density at radius 2 is 2.00 bits per heavy atom. The average molecular weight is 253 g/mol. The van der Waals surface area contributed by atoms with E-state index in [-0.39, 0.29) is 0 Å². The van der Waals surface area contributed by atoms with E-state index in [0.29, 0.717) is 17.5 Å². The molecule has 0 amide bonds. The first-order valence-corrected chi connectivity index (χ1v) is 7.63. The lowest BCUT2D eigenvalue weighted by atomic mass is 9.72. The molecule has 1 aliphatic heterocycles. The summed E-state index contributed by atoms with van der Waals surface area (Å²) < 4.78 is 0. The number of nitrogens with two attached hydrogens (primary N) is 1. The quantitative estimate of drug-likeness (QED) is 0.816. The predicted octanol–water partition coefficient (Wildman–Crippen LogP) is 1.92. The van der Waals surface area contributed by atoms with Crippen molar-refractivity contribution in [2.75, 3.05) is 26.7 Å². The second-order valence-corrected chi connectivity index (χ2v) is 7.18. The van der Waals surface area contributed by atoms with E-state index in [9.17, 15) is 0 Å². The van der Waals surface area contributed by atoms with Gasteiger partial charge in [0.1, 0.15) is 0 Å². The summed E-state index contributed by atoms with van der Waals surface area (Å²) in [5, 5.41) is 0. The van der Waals surface area contributed by atoms with Gasteiger partial charge in [-0.1, -0.05) is 20.8 Å². The van der Waals surface area contributed by atoms with Gasteiger partial charge in [-0.05, 0) is 38.1 Å². The zero-order valence-corrected chi connectivity index (χ0v) is 12.7. The molecule has 2 rings (SSSR count). The van der Waals surface area contributed by atoms with Crippen molar-refractivity contribution < 1.29 is 0 Å². The van der Waals surface area contributed by atoms with E-state index in [1.54, 1.807) is 0 Å². The molecule has 0 aromatic rings. The molecular weight excluding hydrogens is 222 g/mol. The number of hydrogen-bond acceptors (Lipinski definition) is 3. The van der Waals surface area contributed by atoms with Crippen molar-refractivity contribution in [1.29, 1.82) is 0 Å². The summed E-state index contributed by atoms with van der Waals surface area (Å²) in [7, 11) is 2.26. The molecule has 0 bridgehead atoms. The van der Waals surface area contributed by atoms with Crippen LogP contribution >= 0.6 is 0 Å². The third kappa shape index (κ3) is 3.06. The zero-order valence-electron chi connectivity index (χ0n) is 12.7. The first kappa shape index (κ1) is 14.3. The second kappa shape index (κ2) is 5.48. The van der Waals surface area contributed by atoms with E-state index in [4.69, 9.17) is 5.73 Å². The maximum atomic E-state index is 6.40. The van der Waals surface area contributed by atoms with Crippen LogP contribution in [0.3, 0.4) is 0 Å². The van der Waals surface area contributed by atoms with E-state index in [2.05, 4.69) is 37.6 Å². The van der Waals surface area contributed by atoms with E-state index >= 15 is 0 Å². The molecule has 3 unspecified atom stereocenters. The van der Waals surface area contributed by atoms with Crippen LogP contribution < -0.4 is 5.73 Å². The summed E-state index contributed by atoms with van der Waals surface area (Å²) in [6.45, 7) is 10.7. The van der Waals surface area contributed by atoms with Gasteiger partial charge in [0.2, 0.25) is 0 Å². The fourth-order valence-electron chi connectivity index (χ4n) is 3.68. The normalized spacial score (nSPS) is 38.8. The Hall–Kier alpha value is -0.120. The SMILES string of the molecule is CCC1CN(C2CC(C)(C)CCC2N)CCN1C. The van der Waals surface area contributed by atoms with Gasteiger partial charge in [-0.2, -0.15) is 0 Å². The Morgan fingerprint density at radius 1 is 1.28 bits per heavy atom. The van der Waals surface area contributed by atoms with Crippen molar-refractivity contribution >= 4 is 0 Å².